The molecule has 3 aromatic rings. The first-order valence-electron chi connectivity index (χ1n) is 5.95. The van der Waals surface area contributed by atoms with Gasteiger partial charge >= 0.3 is 0 Å². The Morgan fingerprint density at radius 2 is 1.95 bits per heavy atom. The number of aryl methyl sites for hydroxylation is 1. The monoisotopic (exact) mass is 277 g/mol. The Hall–Kier alpha value is -2.37. The highest BCUT2D eigenvalue weighted by atomic mass is 19.3. The number of hydrogen-bond donors (Lipinski definition) is 0. The van der Waals surface area contributed by atoms with Crippen molar-refractivity contribution >= 4 is 5.65 Å². The third-order valence-electron chi connectivity index (χ3n) is 3.07. The quantitative estimate of drug-likeness (QED) is 0.713. The Morgan fingerprint density at radius 1 is 1.15 bits per heavy atom. The van der Waals surface area contributed by atoms with Crippen LogP contribution in [-0.2, 0) is 0 Å². The number of rotatable bonds is 2. The lowest BCUT2D eigenvalue weighted by molar-refractivity contribution is 0.144. The lowest BCUT2D eigenvalue weighted by Crippen LogP contribution is -2.00. The summed E-state index contributed by atoms with van der Waals surface area (Å²) in [7, 11) is 0. The Bertz CT molecular complexity index is 780. The first-order valence-corrected chi connectivity index (χ1v) is 5.95. The van der Waals surface area contributed by atoms with Crippen LogP contribution in [0.5, 0.6) is 0 Å². The van der Waals surface area contributed by atoms with Gasteiger partial charge in [-0.1, -0.05) is 12.1 Å². The van der Waals surface area contributed by atoms with Crippen molar-refractivity contribution in [2.45, 2.75) is 13.3 Å². The maximum atomic E-state index is 13.6. The second kappa shape index (κ2) is 4.63. The molecule has 2 heterocycles. The lowest BCUT2D eigenvalue weighted by atomic mass is 10.1. The SMILES string of the molecule is Cc1ccc(-c2cnc3ccc(C(F)F)nn23)cc1F. The predicted octanol–water partition coefficient (Wildman–Crippen LogP) is 3.78. The molecule has 3 nitrogen and oxygen atoms in total. The third kappa shape index (κ3) is 2.03. The fourth-order valence-electron chi connectivity index (χ4n) is 1.95. The number of hydrogen-bond acceptors (Lipinski definition) is 2. The van der Waals surface area contributed by atoms with Gasteiger partial charge in [-0.2, -0.15) is 5.10 Å². The Morgan fingerprint density at radius 3 is 2.65 bits per heavy atom. The van der Waals surface area contributed by atoms with Crippen molar-refractivity contribution in [1.29, 1.82) is 0 Å². The molecule has 102 valence electrons. The zero-order valence-corrected chi connectivity index (χ0v) is 10.5. The van der Waals surface area contributed by atoms with E-state index in [2.05, 4.69) is 10.1 Å². The number of aromatic nitrogens is 3. The van der Waals surface area contributed by atoms with Gasteiger partial charge in [0.25, 0.3) is 6.43 Å². The summed E-state index contributed by atoms with van der Waals surface area (Å²) in [5.41, 5.74) is 1.62. The summed E-state index contributed by atoms with van der Waals surface area (Å²) in [6, 6.07) is 7.37. The van der Waals surface area contributed by atoms with Crippen molar-refractivity contribution in [3.8, 4) is 11.3 Å². The summed E-state index contributed by atoms with van der Waals surface area (Å²) in [5, 5.41) is 3.84. The molecule has 0 bridgehead atoms. The van der Waals surface area contributed by atoms with E-state index >= 15 is 0 Å². The number of imidazole rings is 1. The highest BCUT2D eigenvalue weighted by molar-refractivity contribution is 5.63. The molecule has 3 rings (SSSR count). The van der Waals surface area contributed by atoms with E-state index in [9.17, 15) is 13.2 Å². The van der Waals surface area contributed by atoms with Crippen LogP contribution in [-0.4, -0.2) is 14.6 Å². The summed E-state index contributed by atoms with van der Waals surface area (Å²) in [4.78, 5) is 4.08. The van der Waals surface area contributed by atoms with E-state index in [1.165, 1.54) is 28.9 Å². The fraction of sp³-hybridized carbons (Fsp3) is 0.143. The molecule has 0 fully saturated rings. The smallest absolute Gasteiger partial charge is 0.235 e. The Balaban J connectivity index is 2.20. The van der Waals surface area contributed by atoms with Gasteiger partial charge in [0.2, 0.25) is 0 Å². The largest absolute Gasteiger partial charge is 0.282 e. The molecular weight excluding hydrogens is 267 g/mol. The average molecular weight is 277 g/mol. The summed E-state index contributed by atoms with van der Waals surface area (Å²) < 4.78 is 40.3. The van der Waals surface area contributed by atoms with Gasteiger partial charge in [-0.05, 0) is 30.7 Å². The maximum absolute atomic E-state index is 13.6. The van der Waals surface area contributed by atoms with E-state index in [1.807, 2.05) is 0 Å². The molecule has 6 heteroatoms. The highest BCUT2D eigenvalue weighted by Gasteiger charge is 2.13. The summed E-state index contributed by atoms with van der Waals surface area (Å²) in [6.45, 7) is 1.65. The topological polar surface area (TPSA) is 30.2 Å². The summed E-state index contributed by atoms with van der Waals surface area (Å²) in [6.07, 6.45) is -1.17. The molecule has 0 saturated carbocycles. The maximum Gasteiger partial charge on any atom is 0.282 e. The molecule has 2 aromatic heterocycles. The van der Waals surface area contributed by atoms with E-state index in [0.29, 0.717) is 22.5 Å². The molecule has 0 saturated heterocycles. The van der Waals surface area contributed by atoms with Gasteiger partial charge in [0, 0.05) is 5.56 Å². The molecule has 0 spiro atoms. The molecule has 0 amide bonds. The van der Waals surface area contributed by atoms with Crippen LogP contribution in [0.25, 0.3) is 16.9 Å². The normalized spacial score (nSPS) is 11.4. The van der Waals surface area contributed by atoms with Crippen molar-refractivity contribution in [3.63, 3.8) is 0 Å². The van der Waals surface area contributed by atoms with Crippen LogP contribution in [0.1, 0.15) is 17.7 Å². The summed E-state index contributed by atoms with van der Waals surface area (Å²) >= 11 is 0. The first-order chi connectivity index (χ1) is 9.56. The highest BCUT2D eigenvalue weighted by Crippen LogP contribution is 2.24. The third-order valence-corrected chi connectivity index (χ3v) is 3.07. The second-order valence-corrected chi connectivity index (χ2v) is 4.44. The molecule has 0 unspecified atom stereocenters. The summed E-state index contributed by atoms with van der Waals surface area (Å²) in [5.74, 6) is -0.359. The van der Waals surface area contributed by atoms with Gasteiger partial charge in [0.05, 0.1) is 11.9 Å². The molecule has 0 aliphatic carbocycles. The van der Waals surface area contributed by atoms with Crippen LogP contribution < -0.4 is 0 Å². The van der Waals surface area contributed by atoms with Crippen LogP contribution >= 0.6 is 0 Å². The molecular formula is C14H10F3N3. The number of nitrogens with zero attached hydrogens (tertiary/aromatic N) is 3. The fourth-order valence-corrected chi connectivity index (χ4v) is 1.95. The van der Waals surface area contributed by atoms with E-state index in [-0.39, 0.29) is 11.5 Å². The van der Waals surface area contributed by atoms with Crippen molar-refractivity contribution < 1.29 is 13.2 Å². The minimum atomic E-state index is -2.66. The lowest BCUT2D eigenvalue weighted by Gasteiger charge is -2.04. The first kappa shape index (κ1) is 12.7. The molecule has 0 N–H and O–H groups in total. The van der Waals surface area contributed by atoms with Crippen molar-refractivity contribution in [2.75, 3.05) is 0 Å². The number of benzene rings is 1. The molecule has 0 aliphatic heterocycles. The minimum Gasteiger partial charge on any atom is -0.235 e. The Kier molecular flexibility index (Phi) is 2.93. The molecule has 1 aromatic carbocycles. The van der Waals surface area contributed by atoms with Gasteiger partial charge in [0.1, 0.15) is 11.5 Å². The van der Waals surface area contributed by atoms with Crippen LogP contribution in [0.3, 0.4) is 0 Å². The van der Waals surface area contributed by atoms with Crippen molar-refractivity contribution in [3.05, 3.63) is 53.6 Å². The number of halogens is 3. The molecule has 20 heavy (non-hydrogen) atoms. The van der Waals surface area contributed by atoms with Crippen LogP contribution in [0, 0.1) is 12.7 Å². The number of fused-ring (bicyclic) bond motifs is 1. The van der Waals surface area contributed by atoms with E-state index < -0.39 is 6.43 Å². The number of alkyl halides is 2. The second-order valence-electron chi connectivity index (χ2n) is 4.44. The van der Waals surface area contributed by atoms with E-state index in [0.717, 1.165) is 0 Å². The van der Waals surface area contributed by atoms with Crippen LogP contribution in [0.4, 0.5) is 13.2 Å². The van der Waals surface area contributed by atoms with Gasteiger partial charge in [-0.15, -0.1) is 0 Å². The average Bonchev–Trinajstić information content (AvgIpc) is 2.84. The molecule has 0 aliphatic rings. The predicted molar refractivity (Wildman–Crippen MR) is 68.1 cm³/mol. The van der Waals surface area contributed by atoms with Crippen LogP contribution in [0.15, 0.2) is 36.5 Å². The zero-order valence-electron chi connectivity index (χ0n) is 10.5. The zero-order chi connectivity index (χ0) is 14.3. The van der Waals surface area contributed by atoms with Gasteiger partial charge in [-0.3, -0.25) is 0 Å². The van der Waals surface area contributed by atoms with Gasteiger partial charge < -0.3 is 0 Å². The van der Waals surface area contributed by atoms with Crippen molar-refractivity contribution in [1.82, 2.24) is 14.6 Å². The van der Waals surface area contributed by atoms with Gasteiger partial charge in [-0.25, -0.2) is 22.7 Å². The van der Waals surface area contributed by atoms with Gasteiger partial charge in [0.15, 0.2) is 5.65 Å². The van der Waals surface area contributed by atoms with Crippen molar-refractivity contribution in [2.24, 2.45) is 0 Å². The van der Waals surface area contributed by atoms with Crippen LogP contribution in [0.2, 0.25) is 0 Å². The molecule has 0 atom stereocenters. The molecule has 0 radical (unpaired) electrons. The van der Waals surface area contributed by atoms with E-state index in [4.69, 9.17) is 0 Å². The Labute approximate surface area is 112 Å². The van der Waals surface area contributed by atoms with E-state index in [1.54, 1.807) is 19.1 Å². The standard InChI is InChI=1S/C14H10F3N3/c1-8-2-3-9(6-10(8)15)12-7-18-13-5-4-11(14(16)17)19-20(12)13/h2-7,14H,1H3. The minimum absolute atomic E-state index is 0.343.